The van der Waals surface area contributed by atoms with Gasteiger partial charge < -0.3 is 9.84 Å². The van der Waals surface area contributed by atoms with E-state index in [2.05, 4.69) is 25.5 Å². The van der Waals surface area contributed by atoms with Crippen LogP contribution in [0.2, 0.25) is 0 Å². The molecule has 1 aliphatic rings. The van der Waals surface area contributed by atoms with E-state index in [4.69, 9.17) is 4.52 Å². The molecule has 0 aliphatic heterocycles. The number of hydrogen-bond acceptors (Lipinski definition) is 6. The van der Waals surface area contributed by atoms with E-state index in [9.17, 15) is 13.6 Å². The number of aryl methyl sites for hydroxylation is 1. The van der Waals surface area contributed by atoms with Crippen LogP contribution < -0.4 is 5.32 Å². The molecule has 0 saturated heterocycles. The lowest BCUT2D eigenvalue weighted by molar-refractivity contribution is 0.102. The summed E-state index contributed by atoms with van der Waals surface area (Å²) in [6.07, 6.45) is 6.44. The molecule has 4 aromatic rings. The van der Waals surface area contributed by atoms with Gasteiger partial charge in [0.15, 0.2) is 0 Å². The number of carbonyl (C=O) groups is 1. The van der Waals surface area contributed by atoms with Gasteiger partial charge >= 0.3 is 0 Å². The number of hydrogen-bond donors (Lipinski definition) is 1. The Balaban J connectivity index is 1.38. The van der Waals surface area contributed by atoms with Crippen LogP contribution in [0.5, 0.6) is 0 Å². The molecule has 162 valence electrons. The van der Waals surface area contributed by atoms with E-state index in [1.54, 1.807) is 28.9 Å². The van der Waals surface area contributed by atoms with Gasteiger partial charge in [-0.3, -0.25) is 9.78 Å². The van der Waals surface area contributed by atoms with Crippen molar-refractivity contribution in [3.05, 3.63) is 65.6 Å². The largest absolute Gasteiger partial charge is 0.334 e. The number of nitrogens with one attached hydrogen (secondary N) is 1. The fraction of sp³-hybridized carbons (Fsp3) is 0.227. The summed E-state index contributed by atoms with van der Waals surface area (Å²) >= 11 is 0. The second-order valence-electron chi connectivity index (χ2n) is 7.61. The van der Waals surface area contributed by atoms with Crippen molar-refractivity contribution in [1.82, 2.24) is 24.7 Å². The minimum absolute atomic E-state index is 0.0316. The van der Waals surface area contributed by atoms with E-state index in [1.165, 1.54) is 6.20 Å². The van der Waals surface area contributed by atoms with E-state index >= 15 is 0 Å². The minimum atomic E-state index is -2.61. The van der Waals surface area contributed by atoms with Gasteiger partial charge in [-0.25, -0.2) is 13.3 Å². The molecule has 1 fully saturated rings. The lowest BCUT2D eigenvalue weighted by Gasteiger charge is -2.09. The summed E-state index contributed by atoms with van der Waals surface area (Å²) in [7, 11) is 0. The summed E-state index contributed by atoms with van der Waals surface area (Å²) in [5, 5.41) is 11.0. The summed E-state index contributed by atoms with van der Waals surface area (Å²) in [6, 6.07) is 5.26. The van der Waals surface area contributed by atoms with Crippen molar-refractivity contribution in [2.24, 2.45) is 0 Å². The maximum absolute atomic E-state index is 13.0. The molecule has 0 bridgehead atoms. The van der Waals surface area contributed by atoms with Crippen LogP contribution in [0.15, 0.2) is 47.4 Å². The summed E-state index contributed by atoms with van der Waals surface area (Å²) < 4.78 is 31.3. The highest BCUT2D eigenvalue weighted by Gasteiger charge is 2.26. The fourth-order valence-corrected chi connectivity index (χ4v) is 3.32. The third kappa shape index (κ3) is 3.98. The molecular weight excluding hydrogens is 418 g/mol. The molecule has 32 heavy (non-hydrogen) atoms. The predicted octanol–water partition coefficient (Wildman–Crippen LogP) is 4.50. The highest BCUT2D eigenvalue weighted by molar-refractivity contribution is 6.09. The van der Waals surface area contributed by atoms with Crippen molar-refractivity contribution in [2.75, 3.05) is 5.32 Å². The van der Waals surface area contributed by atoms with E-state index in [-0.39, 0.29) is 17.6 Å². The Hall–Kier alpha value is -3.95. The topological polar surface area (TPSA) is 98.2 Å². The smallest absolute Gasteiger partial charge is 0.259 e. The highest BCUT2D eigenvalue weighted by atomic mass is 19.3. The van der Waals surface area contributed by atoms with Gasteiger partial charge in [0.2, 0.25) is 5.82 Å². The molecule has 1 aliphatic carbocycles. The number of nitrogens with zero attached hydrogens (tertiary/aromatic N) is 5. The first kappa shape index (κ1) is 20.0. The molecule has 3 aromatic heterocycles. The van der Waals surface area contributed by atoms with Crippen molar-refractivity contribution in [3.63, 3.8) is 0 Å². The van der Waals surface area contributed by atoms with Crippen LogP contribution in [0.3, 0.4) is 0 Å². The average molecular weight is 436 g/mol. The van der Waals surface area contributed by atoms with Crippen LogP contribution in [-0.2, 0) is 0 Å². The van der Waals surface area contributed by atoms with Crippen molar-refractivity contribution < 1.29 is 18.1 Å². The van der Waals surface area contributed by atoms with E-state index < -0.39 is 6.43 Å². The SMILES string of the molecule is Cc1ccc(-c2noc(/C=C/C(F)F)n2)cc1NC(=O)c1cnn2cc(C3CC3)ncc12. The number of aromatic nitrogens is 5. The highest BCUT2D eigenvalue weighted by Crippen LogP contribution is 2.38. The zero-order valence-electron chi connectivity index (χ0n) is 17.0. The van der Waals surface area contributed by atoms with Crippen molar-refractivity contribution >= 4 is 23.2 Å². The Kier molecular flexibility index (Phi) is 4.96. The Morgan fingerprint density at radius 3 is 2.94 bits per heavy atom. The first-order valence-electron chi connectivity index (χ1n) is 10.0. The molecule has 5 rings (SSSR count). The molecule has 10 heteroatoms. The van der Waals surface area contributed by atoms with Gasteiger partial charge in [-0.2, -0.15) is 10.1 Å². The summed E-state index contributed by atoms with van der Waals surface area (Å²) in [6.45, 7) is 1.85. The zero-order chi connectivity index (χ0) is 22.2. The number of allylic oxidation sites excluding steroid dienone is 1. The molecule has 1 N–H and O–H groups in total. The second kappa shape index (κ2) is 7.95. The Morgan fingerprint density at radius 1 is 1.31 bits per heavy atom. The zero-order valence-corrected chi connectivity index (χ0v) is 17.0. The lowest BCUT2D eigenvalue weighted by Crippen LogP contribution is -2.13. The molecule has 3 heterocycles. The number of rotatable bonds is 6. The minimum Gasteiger partial charge on any atom is -0.334 e. The van der Waals surface area contributed by atoms with Gasteiger partial charge in [-0.05, 0) is 37.5 Å². The third-order valence-electron chi connectivity index (χ3n) is 5.23. The maximum Gasteiger partial charge on any atom is 0.259 e. The van der Waals surface area contributed by atoms with Crippen molar-refractivity contribution in [2.45, 2.75) is 32.1 Å². The first-order chi connectivity index (χ1) is 15.5. The number of halogens is 2. The molecule has 0 spiro atoms. The molecule has 1 saturated carbocycles. The molecule has 8 nitrogen and oxygen atoms in total. The van der Waals surface area contributed by atoms with Gasteiger partial charge in [-0.15, -0.1) is 0 Å². The van der Waals surface area contributed by atoms with Crippen molar-refractivity contribution in [1.29, 1.82) is 0 Å². The Labute approximate surface area is 181 Å². The Bertz CT molecular complexity index is 1340. The van der Waals surface area contributed by atoms with Gasteiger partial charge in [0.25, 0.3) is 18.2 Å². The molecule has 1 aromatic carbocycles. The Morgan fingerprint density at radius 2 is 2.16 bits per heavy atom. The standard InChI is InChI=1S/C22H18F2N6O2/c1-12-2-3-14(21-28-20(32-29-21)7-6-19(23)24)8-16(12)27-22(31)15-9-26-30-11-17(13-4-5-13)25-10-18(15)30/h2-3,6-11,13,19H,4-5H2,1H3,(H,27,31)/b7-6+. The number of alkyl halides is 2. The van der Waals surface area contributed by atoms with Crippen LogP contribution in [-0.4, -0.2) is 37.1 Å². The first-order valence-corrected chi connectivity index (χ1v) is 10.0. The quantitative estimate of drug-likeness (QED) is 0.478. The van der Waals surface area contributed by atoms with Gasteiger partial charge in [0.05, 0.1) is 35.4 Å². The number of fused-ring (bicyclic) bond motifs is 1. The maximum atomic E-state index is 13.0. The molecule has 0 atom stereocenters. The average Bonchev–Trinajstić information content (AvgIpc) is 3.37. The number of benzene rings is 1. The number of anilines is 1. The number of amides is 1. The van der Waals surface area contributed by atoms with Crippen molar-refractivity contribution in [3.8, 4) is 11.4 Å². The molecular formula is C22H18F2N6O2. The third-order valence-corrected chi connectivity index (χ3v) is 5.23. The summed E-state index contributed by atoms with van der Waals surface area (Å²) in [5.74, 6) is 0.357. The molecule has 0 unspecified atom stereocenters. The van der Waals surface area contributed by atoms with Gasteiger partial charge in [0, 0.05) is 23.2 Å². The van der Waals surface area contributed by atoms with Crippen LogP contribution in [0.4, 0.5) is 14.5 Å². The summed E-state index contributed by atoms with van der Waals surface area (Å²) in [5.41, 5.74) is 3.97. The number of carbonyl (C=O) groups excluding carboxylic acids is 1. The lowest BCUT2D eigenvalue weighted by atomic mass is 10.1. The van der Waals surface area contributed by atoms with E-state index in [0.29, 0.717) is 34.3 Å². The second-order valence-corrected chi connectivity index (χ2v) is 7.61. The van der Waals surface area contributed by atoms with E-state index in [0.717, 1.165) is 30.2 Å². The fourth-order valence-electron chi connectivity index (χ4n) is 3.32. The van der Waals surface area contributed by atoms with Crippen LogP contribution in [0.25, 0.3) is 23.0 Å². The predicted molar refractivity (Wildman–Crippen MR) is 112 cm³/mol. The van der Waals surface area contributed by atoms with Gasteiger partial charge in [-0.1, -0.05) is 17.3 Å². The van der Waals surface area contributed by atoms with Crippen LogP contribution >= 0.6 is 0 Å². The van der Waals surface area contributed by atoms with E-state index in [1.807, 2.05) is 13.1 Å². The molecule has 1 amide bonds. The van der Waals surface area contributed by atoms with Crippen LogP contribution in [0, 0.1) is 6.92 Å². The van der Waals surface area contributed by atoms with Crippen LogP contribution in [0.1, 0.15) is 46.3 Å². The molecule has 0 radical (unpaired) electrons. The normalized spacial score (nSPS) is 14.0. The van der Waals surface area contributed by atoms with Gasteiger partial charge in [0.1, 0.15) is 0 Å². The summed E-state index contributed by atoms with van der Waals surface area (Å²) in [4.78, 5) is 21.5. The monoisotopic (exact) mass is 436 g/mol.